The van der Waals surface area contributed by atoms with Crippen LogP contribution in [-0.4, -0.2) is 36.1 Å². The van der Waals surface area contributed by atoms with Gasteiger partial charge in [0.15, 0.2) is 0 Å². The Hall–Kier alpha value is -0.570. The summed E-state index contributed by atoms with van der Waals surface area (Å²) in [7, 11) is 1.80. The van der Waals surface area contributed by atoms with Crippen LogP contribution in [0, 0.1) is 5.92 Å². The Balaban J connectivity index is 1.70. The summed E-state index contributed by atoms with van der Waals surface area (Å²) < 4.78 is 5.46. The van der Waals surface area contributed by atoms with Crippen molar-refractivity contribution in [2.45, 2.75) is 63.1 Å². The van der Waals surface area contributed by atoms with Crippen LogP contribution in [0.1, 0.15) is 44.9 Å². The van der Waals surface area contributed by atoms with E-state index in [1.807, 2.05) is 0 Å². The first-order valence-electron chi connectivity index (χ1n) is 6.64. The minimum atomic E-state index is 0.363. The van der Waals surface area contributed by atoms with Crippen LogP contribution in [0.15, 0.2) is 0 Å². The second-order valence-electron chi connectivity index (χ2n) is 5.59. The molecule has 1 aliphatic carbocycles. The van der Waals surface area contributed by atoms with Crippen molar-refractivity contribution in [3.8, 4) is 0 Å². The number of carbonyl (C=O) groups excluding carboxylic acids is 1. The number of rotatable bonds is 2. The van der Waals surface area contributed by atoms with Crippen molar-refractivity contribution in [2.24, 2.45) is 5.92 Å². The standard InChI is InChI=1S/C13H21NO2/c1-16-12-7-10-5-6-11(8-12)14(10)13(15)9-3-2-4-9/h9-12H,2-8H2,1H3. The number of hydrogen-bond acceptors (Lipinski definition) is 2. The second kappa shape index (κ2) is 4.02. The average Bonchev–Trinajstić information content (AvgIpc) is 2.47. The molecule has 3 fully saturated rings. The molecule has 0 aromatic rings. The molecule has 3 heteroatoms. The molecule has 1 saturated carbocycles. The van der Waals surface area contributed by atoms with E-state index in [9.17, 15) is 4.79 Å². The molecule has 2 atom stereocenters. The Kier molecular flexibility index (Phi) is 2.66. The minimum absolute atomic E-state index is 0.363. The van der Waals surface area contributed by atoms with Crippen molar-refractivity contribution in [3.63, 3.8) is 0 Å². The van der Waals surface area contributed by atoms with Gasteiger partial charge in [0.1, 0.15) is 0 Å². The van der Waals surface area contributed by atoms with E-state index in [2.05, 4.69) is 4.90 Å². The van der Waals surface area contributed by atoms with E-state index >= 15 is 0 Å². The van der Waals surface area contributed by atoms with Gasteiger partial charge in [0.05, 0.1) is 6.10 Å². The van der Waals surface area contributed by atoms with Gasteiger partial charge in [-0.2, -0.15) is 0 Å². The summed E-state index contributed by atoms with van der Waals surface area (Å²) in [5.74, 6) is 0.815. The molecule has 2 bridgehead atoms. The third-order valence-electron chi connectivity index (χ3n) is 4.73. The lowest BCUT2D eigenvalue weighted by Crippen LogP contribution is -2.51. The SMILES string of the molecule is COC1CC2CCC(C1)N2C(=O)C1CCC1. The average molecular weight is 223 g/mol. The van der Waals surface area contributed by atoms with Gasteiger partial charge in [0, 0.05) is 25.1 Å². The zero-order valence-electron chi connectivity index (χ0n) is 10.0. The highest BCUT2D eigenvalue weighted by atomic mass is 16.5. The highest BCUT2D eigenvalue weighted by Gasteiger charge is 2.45. The van der Waals surface area contributed by atoms with E-state index in [1.165, 1.54) is 19.3 Å². The molecule has 3 nitrogen and oxygen atoms in total. The predicted octanol–water partition coefficient (Wildman–Crippen LogP) is 1.95. The van der Waals surface area contributed by atoms with Crippen LogP contribution in [0.25, 0.3) is 0 Å². The fraction of sp³-hybridized carbons (Fsp3) is 0.923. The summed E-state index contributed by atoms with van der Waals surface area (Å²) in [6, 6.07) is 0.966. The molecule has 1 amide bonds. The Morgan fingerprint density at radius 1 is 1.12 bits per heavy atom. The quantitative estimate of drug-likeness (QED) is 0.716. The molecule has 0 N–H and O–H groups in total. The summed E-state index contributed by atoms with van der Waals surface area (Å²) in [5, 5.41) is 0. The lowest BCUT2D eigenvalue weighted by atomic mass is 9.83. The van der Waals surface area contributed by atoms with Gasteiger partial charge in [-0.25, -0.2) is 0 Å². The molecule has 2 heterocycles. The molecule has 2 aliphatic heterocycles. The number of hydrogen-bond donors (Lipinski definition) is 0. The number of nitrogens with zero attached hydrogens (tertiary/aromatic N) is 1. The number of methoxy groups -OCH3 is 1. The number of amides is 1. The summed E-state index contributed by atoms with van der Waals surface area (Å²) in [5.41, 5.74) is 0. The molecular formula is C13H21NO2. The van der Waals surface area contributed by atoms with Crippen molar-refractivity contribution >= 4 is 5.91 Å². The third-order valence-corrected chi connectivity index (χ3v) is 4.73. The molecule has 0 aromatic heterocycles. The van der Waals surface area contributed by atoms with Crippen molar-refractivity contribution in [2.75, 3.05) is 7.11 Å². The summed E-state index contributed by atoms with van der Waals surface area (Å²) in [6.45, 7) is 0. The first-order chi connectivity index (χ1) is 7.79. The highest BCUT2D eigenvalue weighted by Crippen LogP contribution is 2.40. The molecule has 90 valence electrons. The maximum atomic E-state index is 12.3. The highest BCUT2D eigenvalue weighted by molar-refractivity contribution is 5.80. The van der Waals surface area contributed by atoms with Gasteiger partial charge in [-0.05, 0) is 38.5 Å². The molecule has 3 rings (SSSR count). The van der Waals surface area contributed by atoms with Gasteiger partial charge < -0.3 is 9.64 Å². The Morgan fingerprint density at radius 2 is 1.75 bits per heavy atom. The maximum absolute atomic E-state index is 12.3. The van der Waals surface area contributed by atoms with Crippen molar-refractivity contribution in [1.29, 1.82) is 0 Å². The molecule has 2 saturated heterocycles. The zero-order valence-corrected chi connectivity index (χ0v) is 10.0. The first-order valence-corrected chi connectivity index (χ1v) is 6.64. The van der Waals surface area contributed by atoms with E-state index in [-0.39, 0.29) is 0 Å². The van der Waals surface area contributed by atoms with Crippen LogP contribution in [0.2, 0.25) is 0 Å². The normalized spacial score (nSPS) is 38.6. The Morgan fingerprint density at radius 3 is 2.19 bits per heavy atom. The monoisotopic (exact) mass is 223 g/mol. The van der Waals surface area contributed by atoms with Gasteiger partial charge in [0.2, 0.25) is 5.91 Å². The van der Waals surface area contributed by atoms with Crippen LogP contribution in [0.4, 0.5) is 0 Å². The number of carbonyl (C=O) groups is 1. The Bertz CT molecular complexity index is 274. The van der Waals surface area contributed by atoms with Crippen molar-refractivity contribution in [1.82, 2.24) is 4.90 Å². The number of piperidine rings is 1. The fourth-order valence-corrected chi connectivity index (χ4v) is 3.55. The molecule has 16 heavy (non-hydrogen) atoms. The molecular weight excluding hydrogens is 202 g/mol. The summed E-state index contributed by atoms with van der Waals surface area (Å²) in [4.78, 5) is 14.5. The van der Waals surface area contributed by atoms with Crippen LogP contribution in [-0.2, 0) is 9.53 Å². The largest absolute Gasteiger partial charge is 0.381 e. The lowest BCUT2D eigenvalue weighted by molar-refractivity contribution is -0.145. The number of ether oxygens (including phenoxy) is 1. The van der Waals surface area contributed by atoms with E-state index < -0.39 is 0 Å². The van der Waals surface area contributed by atoms with Crippen LogP contribution >= 0.6 is 0 Å². The predicted molar refractivity (Wildman–Crippen MR) is 61.0 cm³/mol. The molecule has 2 unspecified atom stereocenters. The van der Waals surface area contributed by atoms with Gasteiger partial charge in [-0.15, -0.1) is 0 Å². The fourth-order valence-electron chi connectivity index (χ4n) is 3.55. The third kappa shape index (κ3) is 1.56. The van der Waals surface area contributed by atoms with Crippen molar-refractivity contribution < 1.29 is 9.53 Å². The molecule has 0 aromatic carbocycles. The lowest BCUT2D eigenvalue weighted by Gasteiger charge is -2.41. The summed E-state index contributed by atoms with van der Waals surface area (Å²) >= 11 is 0. The van der Waals surface area contributed by atoms with E-state index in [0.29, 0.717) is 30.0 Å². The Labute approximate surface area is 97.1 Å². The smallest absolute Gasteiger partial charge is 0.226 e. The molecule has 0 spiro atoms. The van der Waals surface area contributed by atoms with Crippen LogP contribution in [0.3, 0.4) is 0 Å². The van der Waals surface area contributed by atoms with E-state index in [1.54, 1.807) is 7.11 Å². The first kappa shape index (κ1) is 10.6. The second-order valence-corrected chi connectivity index (χ2v) is 5.59. The van der Waals surface area contributed by atoms with Gasteiger partial charge in [-0.1, -0.05) is 6.42 Å². The maximum Gasteiger partial charge on any atom is 0.226 e. The van der Waals surface area contributed by atoms with Gasteiger partial charge in [-0.3, -0.25) is 4.79 Å². The van der Waals surface area contributed by atoms with Gasteiger partial charge >= 0.3 is 0 Å². The van der Waals surface area contributed by atoms with E-state index in [4.69, 9.17) is 4.74 Å². The van der Waals surface area contributed by atoms with E-state index in [0.717, 1.165) is 25.7 Å². The number of fused-ring (bicyclic) bond motifs is 2. The van der Waals surface area contributed by atoms with Crippen LogP contribution in [0.5, 0.6) is 0 Å². The van der Waals surface area contributed by atoms with Gasteiger partial charge in [0.25, 0.3) is 0 Å². The molecule has 3 aliphatic rings. The van der Waals surface area contributed by atoms with Crippen molar-refractivity contribution in [3.05, 3.63) is 0 Å². The topological polar surface area (TPSA) is 29.5 Å². The molecule has 0 radical (unpaired) electrons. The van der Waals surface area contributed by atoms with Crippen LogP contribution < -0.4 is 0 Å². The zero-order chi connectivity index (χ0) is 11.1. The minimum Gasteiger partial charge on any atom is -0.381 e. The summed E-state index contributed by atoms with van der Waals surface area (Å²) in [6.07, 6.45) is 8.41.